The van der Waals surface area contributed by atoms with Crippen LogP contribution >= 0.6 is 0 Å². The van der Waals surface area contributed by atoms with Crippen molar-refractivity contribution in [1.29, 1.82) is 0 Å². The first kappa shape index (κ1) is 19.9. The topological polar surface area (TPSA) is 90.5 Å². The molecule has 1 amide bonds. The van der Waals surface area contributed by atoms with Gasteiger partial charge in [0.25, 0.3) is 12.3 Å². The van der Waals surface area contributed by atoms with E-state index in [-0.39, 0.29) is 11.4 Å². The van der Waals surface area contributed by atoms with E-state index < -0.39 is 36.1 Å². The predicted octanol–water partition coefficient (Wildman–Crippen LogP) is 2.90. The number of alkyl halides is 5. The van der Waals surface area contributed by atoms with Crippen molar-refractivity contribution in [1.82, 2.24) is 34.8 Å². The highest BCUT2D eigenvalue weighted by Gasteiger charge is 2.33. The molecule has 158 valence electrons. The SMILES string of the molecule is Cn1nc(C(F)F)nc1C(=O)NC1CCn2nc(-c3ccnc(C(F)(F)F)c3)cc21. The third kappa shape index (κ3) is 3.62. The lowest BCUT2D eigenvalue weighted by Gasteiger charge is -2.11. The number of aromatic nitrogens is 6. The van der Waals surface area contributed by atoms with Crippen molar-refractivity contribution in [3.63, 3.8) is 0 Å². The first-order valence-electron chi connectivity index (χ1n) is 8.75. The molecule has 0 fully saturated rings. The van der Waals surface area contributed by atoms with Crippen LogP contribution in [0.25, 0.3) is 11.3 Å². The van der Waals surface area contributed by atoms with Crippen molar-refractivity contribution >= 4 is 5.91 Å². The fourth-order valence-electron chi connectivity index (χ4n) is 3.24. The molecule has 13 heteroatoms. The molecular formula is C17H14F5N7O. The number of aryl methyl sites for hydroxylation is 2. The number of rotatable bonds is 4. The minimum absolute atomic E-state index is 0.235. The lowest BCUT2D eigenvalue weighted by molar-refractivity contribution is -0.141. The molecule has 0 spiro atoms. The molecule has 0 saturated carbocycles. The van der Waals surface area contributed by atoms with Gasteiger partial charge in [0.15, 0.2) is 0 Å². The Bertz CT molecular complexity index is 1100. The van der Waals surface area contributed by atoms with Gasteiger partial charge in [0, 0.05) is 25.4 Å². The first-order chi connectivity index (χ1) is 14.1. The number of carbonyl (C=O) groups excluding carboxylic acids is 1. The van der Waals surface area contributed by atoms with Crippen molar-refractivity contribution in [2.45, 2.75) is 31.6 Å². The van der Waals surface area contributed by atoms with Crippen LogP contribution in [-0.2, 0) is 19.8 Å². The fourth-order valence-corrected chi connectivity index (χ4v) is 3.24. The van der Waals surface area contributed by atoms with Crippen LogP contribution in [0.2, 0.25) is 0 Å². The summed E-state index contributed by atoms with van der Waals surface area (Å²) in [6, 6.07) is 3.38. The van der Waals surface area contributed by atoms with E-state index in [4.69, 9.17) is 0 Å². The Morgan fingerprint density at radius 3 is 2.70 bits per heavy atom. The maximum absolute atomic E-state index is 12.9. The summed E-state index contributed by atoms with van der Waals surface area (Å²) >= 11 is 0. The van der Waals surface area contributed by atoms with Crippen LogP contribution in [0.3, 0.4) is 0 Å². The van der Waals surface area contributed by atoms with Crippen LogP contribution in [0.1, 0.15) is 46.7 Å². The van der Waals surface area contributed by atoms with Gasteiger partial charge in [-0.3, -0.25) is 14.5 Å². The van der Waals surface area contributed by atoms with Crippen LogP contribution in [0.5, 0.6) is 0 Å². The molecule has 3 aromatic rings. The Morgan fingerprint density at radius 2 is 2.03 bits per heavy atom. The number of hydrogen-bond donors (Lipinski definition) is 1. The maximum atomic E-state index is 12.9. The summed E-state index contributed by atoms with van der Waals surface area (Å²) in [4.78, 5) is 19.3. The van der Waals surface area contributed by atoms with Crippen molar-refractivity contribution in [3.05, 3.63) is 47.4 Å². The quantitative estimate of drug-likeness (QED) is 0.647. The molecule has 4 rings (SSSR count). The van der Waals surface area contributed by atoms with Gasteiger partial charge in [0.05, 0.1) is 17.4 Å². The Balaban J connectivity index is 1.56. The van der Waals surface area contributed by atoms with Gasteiger partial charge in [0.2, 0.25) is 11.6 Å². The van der Waals surface area contributed by atoms with Gasteiger partial charge in [-0.05, 0) is 24.6 Å². The molecule has 0 aromatic carbocycles. The summed E-state index contributed by atoms with van der Waals surface area (Å²) in [5.74, 6) is -1.71. The molecule has 4 heterocycles. The molecule has 0 bridgehead atoms. The zero-order chi connectivity index (χ0) is 21.6. The van der Waals surface area contributed by atoms with Crippen molar-refractivity contribution in [2.24, 2.45) is 7.05 Å². The van der Waals surface area contributed by atoms with Gasteiger partial charge in [0.1, 0.15) is 5.69 Å². The Morgan fingerprint density at radius 1 is 1.27 bits per heavy atom. The summed E-state index contributed by atoms with van der Waals surface area (Å²) in [6.45, 7) is 0.429. The van der Waals surface area contributed by atoms with Crippen molar-refractivity contribution in [3.8, 4) is 11.3 Å². The number of hydrogen-bond acceptors (Lipinski definition) is 5. The van der Waals surface area contributed by atoms with E-state index in [9.17, 15) is 26.7 Å². The Kier molecular flexibility index (Phi) is 4.74. The standard InChI is InChI=1S/C17H14F5N7O/c1-28-15(25-14(27-28)13(18)19)16(30)24-9-3-5-29-11(9)7-10(26-29)8-2-4-23-12(6-8)17(20,21)22/h2,4,6-7,9,13H,3,5H2,1H3,(H,24,30). The van der Waals surface area contributed by atoms with Crippen LogP contribution in [0, 0.1) is 0 Å². The smallest absolute Gasteiger partial charge is 0.341 e. The molecule has 0 radical (unpaired) electrons. The zero-order valence-corrected chi connectivity index (χ0v) is 15.4. The van der Waals surface area contributed by atoms with E-state index in [2.05, 4.69) is 25.5 Å². The molecule has 1 atom stereocenters. The Labute approximate surface area is 165 Å². The number of halogens is 5. The minimum Gasteiger partial charge on any atom is -0.341 e. The molecule has 1 aliphatic rings. The van der Waals surface area contributed by atoms with E-state index in [1.54, 1.807) is 10.7 Å². The highest BCUT2D eigenvalue weighted by molar-refractivity contribution is 5.91. The van der Waals surface area contributed by atoms with Gasteiger partial charge in [-0.15, -0.1) is 5.10 Å². The summed E-state index contributed by atoms with van der Waals surface area (Å²) in [5, 5.41) is 10.5. The number of fused-ring (bicyclic) bond motifs is 1. The van der Waals surface area contributed by atoms with Gasteiger partial charge in [-0.1, -0.05) is 0 Å². The van der Waals surface area contributed by atoms with Gasteiger partial charge in [-0.2, -0.15) is 18.3 Å². The van der Waals surface area contributed by atoms with Crippen molar-refractivity contribution in [2.75, 3.05) is 0 Å². The van der Waals surface area contributed by atoms with E-state index in [1.807, 2.05) is 0 Å². The van der Waals surface area contributed by atoms with Gasteiger partial charge < -0.3 is 5.32 Å². The second-order valence-corrected chi connectivity index (χ2v) is 6.64. The maximum Gasteiger partial charge on any atom is 0.433 e. The van der Waals surface area contributed by atoms with Crippen LogP contribution in [0.15, 0.2) is 24.4 Å². The van der Waals surface area contributed by atoms with Gasteiger partial charge in [-0.25, -0.2) is 18.4 Å². The fraction of sp³-hybridized carbons (Fsp3) is 0.353. The number of amides is 1. The monoisotopic (exact) mass is 427 g/mol. The molecule has 0 aliphatic carbocycles. The van der Waals surface area contributed by atoms with E-state index in [1.165, 1.54) is 13.1 Å². The first-order valence-corrected chi connectivity index (χ1v) is 8.75. The average Bonchev–Trinajstić information content (AvgIpc) is 3.36. The summed E-state index contributed by atoms with van der Waals surface area (Å²) in [7, 11) is 1.33. The highest BCUT2D eigenvalue weighted by Crippen LogP contribution is 2.33. The van der Waals surface area contributed by atoms with Crippen LogP contribution in [-0.4, -0.2) is 35.4 Å². The average molecular weight is 427 g/mol. The molecule has 30 heavy (non-hydrogen) atoms. The summed E-state index contributed by atoms with van der Waals surface area (Å²) < 4.78 is 66.7. The third-order valence-corrected chi connectivity index (χ3v) is 4.63. The molecular weight excluding hydrogens is 413 g/mol. The molecule has 1 N–H and O–H groups in total. The largest absolute Gasteiger partial charge is 0.433 e. The number of pyridine rings is 1. The summed E-state index contributed by atoms with van der Waals surface area (Å²) in [5.41, 5.74) is 0.0878. The second-order valence-electron chi connectivity index (χ2n) is 6.64. The van der Waals surface area contributed by atoms with Crippen LogP contribution in [0.4, 0.5) is 22.0 Å². The number of nitrogens with zero attached hydrogens (tertiary/aromatic N) is 6. The van der Waals surface area contributed by atoms with Gasteiger partial charge >= 0.3 is 6.18 Å². The van der Waals surface area contributed by atoms with E-state index >= 15 is 0 Å². The number of nitrogens with one attached hydrogen (secondary N) is 1. The Hall–Kier alpha value is -3.38. The predicted molar refractivity (Wildman–Crippen MR) is 91.2 cm³/mol. The highest BCUT2D eigenvalue weighted by atomic mass is 19.4. The minimum atomic E-state index is -4.58. The molecule has 0 saturated heterocycles. The lowest BCUT2D eigenvalue weighted by atomic mass is 10.1. The third-order valence-electron chi connectivity index (χ3n) is 4.63. The molecule has 1 aliphatic heterocycles. The second kappa shape index (κ2) is 7.15. The van der Waals surface area contributed by atoms with Crippen LogP contribution < -0.4 is 5.32 Å². The number of carbonyl (C=O) groups is 1. The summed E-state index contributed by atoms with van der Waals surface area (Å²) in [6.07, 6.45) is -5.95. The zero-order valence-electron chi connectivity index (χ0n) is 15.4. The van der Waals surface area contributed by atoms with Crippen molar-refractivity contribution < 1.29 is 26.7 Å². The molecule has 8 nitrogen and oxygen atoms in total. The normalized spacial score (nSPS) is 16.2. The van der Waals surface area contributed by atoms with E-state index in [0.717, 1.165) is 16.9 Å². The molecule has 1 unspecified atom stereocenters. The lowest BCUT2D eigenvalue weighted by Crippen LogP contribution is -2.29. The molecule has 3 aromatic heterocycles. The van der Waals surface area contributed by atoms with E-state index in [0.29, 0.717) is 24.4 Å².